The predicted octanol–water partition coefficient (Wildman–Crippen LogP) is 2.04. The molecule has 0 saturated carbocycles. The third-order valence-corrected chi connectivity index (χ3v) is 4.35. The maximum absolute atomic E-state index is 12.0. The summed E-state index contributed by atoms with van der Waals surface area (Å²) in [5.74, 6) is 0. The highest BCUT2D eigenvalue weighted by Gasteiger charge is 2.19. The molecule has 0 bridgehead atoms. The number of nitrogens with one attached hydrogen (secondary N) is 1. The second kappa shape index (κ2) is 7.20. The molecule has 0 spiro atoms. The van der Waals surface area contributed by atoms with Crippen molar-refractivity contribution in [3.63, 3.8) is 0 Å². The van der Waals surface area contributed by atoms with Gasteiger partial charge >= 0.3 is 0 Å². The van der Waals surface area contributed by atoms with Crippen LogP contribution in [0.3, 0.4) is 0 Å². The Morgan fingerprint density at radius 3 is 2.55 bits per heavy atom. The van der Waals surface area contributed by atoms with Crippen molar-refractivity contribution in [1.29, 1.82) is 0 Å². The highest BCUT2D eigenvalue weighted by Crippen LogP contribution is 2.23. The molecule has 0 aliphatic rings. The van der Waals surface area contributed by atoms with Crippen LogP contribution < -0.4 is 10.5 Å². The zero-order valence-corrected chi connectivity index (χ0v) is 12.1. The van der Waals surface area contributed by atoms with Gasteiger partial charge in [-0.25, -0.2) is 13.1 Å². The number of nitro benzene ring substituents is 1. The zero-order chi connectivity index (χ0) is 15.2. The maximum Gasteiger partial charge on any atom is 0.271 e. The summed E-state index contributed by atoms with van der Waals surface area (Å²) in [4.78, 5) is 9.83. The molecule has 0 saturated heterocycles. The highest BCUT2D eigenvalue weighted by atomic mass is 32.2. The van der Waals surface area contributed by atoms with Gasteiger partial charge in [-0.15, -0.1) is 0 Å². The number of benzene rings is 1. The van der Waals surface area contributed by atoms with Gasteiger partial charge in [-0.05, 0) is 12.5 Å². The molecule has 3 N–H and O–H groups in total. The number of hydrogen-bond acceptors (Lipinski definition) is 5. The molecular weight excluding hydrogens is 282 g/mol. The third-order valence-electron chi connectivity index (χ3n) is 2.82. The van der Waals surface area contributed by atoms with Crippen LogP contribution >= 0.6 is 0 Å². The Labute approximate surface area is 118 Å². The van der Waals surface area contributed by atoms with Crippen LogP contribution in [0.1, 0.15) is 32.6 Å². The molecule has 0 fully saturated rings. The van der Waals surface area contributed by atoms with Crippen LogP contribution in [0.25, 0.3) is 0 Å². The van der Waals surface area contributed by atoms with Crippen LogP contribution in [0.5, 0.6) is 0 Å². The van der Waals surface area contributed by atoms with E-state index >= 15 is 0 Å². The minimum absolute atomic E-state index is 0.125. The van der Waals surface area contributed by atoms with Gasteiger partial charge in [-0.1, -0.05) is 26.2 Å². The number of hydrogen-bond donors (Lipinski definition) is 2. The van der Waals surface area contributed by atoms with Gasteiger partial charge in [-0.3, -0.25) is 10.1 Å². The van der Waals surface area contributed by atoms with Gasteiger partial charge in [0.05, 0.1) is 10.6 Å². The number of rotatable bonds is 8. The molecule has 0 radical (unpaired) electrons. The van der Waals surface area contributed by atoms with Crippen LogP contribution in [0, 0.1) is 10.1 Å². The van der Waals surface area contributed by atoms with Crippen LogP contribution in [0.15, 0.2) is 23.1 Å². The van der Waals surface area contributed by atoms with E-state index in [1.54, 1.807) is 0 Å². The molecule has 8 heteroatoms. The Morgan fingerprint density at radius 1 is 1.30 bits per heavy atom. The van der Waals surface area contributed by atoms with Crippen molar-refractivity contribution in [2.45, 2.75) is 37.5 Å². The van der Waals surface area contributed by atoms with E-state index in [4.69, 9.17) is 5.73 Å². The van der Waals surface area contributed by atoms with Crippen molar-refractivity contribution in [1.82, 2.24) is 4.72 Å². The topological polar surface area (TPSA) is 115 Å². The summed E-state index contributed by atoms with van der Waals surface area (Å²) in [7, 11) is -3.72. The molecule has 7 nitrogen and oxygen atoms in total. The first kappa shape index (κ1) is 16.4. The standard InChI is InChI=1S/C12H19N3O4S/c1-2-3-4-5-8-14-20(18,19)12-7-6-10(15(16)17)9-11(12)13/h6-7,9,14H,2-5,8,13H2,1H3. The van der Waals surface area contributed by atoms with Crippen molar-refractivity contribution < 1.29 is 13.3 Å². The summed E-state index contributed by atoms with van der Waals surface area (Å²) in [6.07, 6.45) is 3.83. The largest absolute Gasteiger partial charge is 0.397 e. The molecule has 1 aromatic rings. The molecule has 112 valence electrons. The number of nitrogen functional groups attached to an aromatic ring is 1. The van der Waals surface area contributed by atoms with Crippen LogP contribution in [0.2, 0.25) is 0 Å². The first-order valence-electron chi connectivity index (χ1n) is 6.42. The summed E-state index contributed by atoms with van der Waals surface area (Å²) in [5, 5.41) is 10.6. The molecule has 0 aromatic heterocycles. The molecule has 0 unspecified atom stereocenters. The van der Waals surface area contributed by atoms with Crippen LogP contribution in [0.4, 0.5) is 11.4 Å². The number of non-ortho nitro benzene ring substituents is 1. The molecule has 1 aromatic carbocycles. The Kier molecular flexibility index (Phi) is 5.90. The second-order valence-corrected chi connectivity index (χ2v) is 6.17. The van der Waals surface area contributed by atoms with Gasteiger partial charge in [0.15, 0.2) is 0 Å². The third kappa shape index (κ3) is 4.46. The number of unbranched alkanes of at least 4 members (excludes halogenated alkanes) is 3. The Morgan fingerprint density at radius 2 is 2.00 bits per heavy atom. The van der Waals surface area contributed by atoms with Gasteiger partial charge in [0, 0.05) is 18.7 Å². The maximum atomic E-state index is 12.0. The summed E-state index contributed by atoms with van der Waals surface area (Å²) < 4.78 is 26.5. The van der Waals surface area contributed by atoms with Gasteiger partial charge in [0.1, 0.15) is 4.90 Å². The zero-order valence-electron chi connectivity index (χ0n) is 11.3. The summed E-state index contributed by atoms with van der Waals surface area (Å²) in [6, 6.07) is 3.33. The second-order valence-electron chi connectivity index (χ2n) is 4.44. The first-order valence-corrected chi connectivity index (χ1v) is 7.90. The molecule has 0 atom stereocenters. The Bertz CT molecular complexity index is 572. The lowest BCUT2D eigenvalue weighted by molar-refractivity contribution is -0.384. The predicted molar refractivity (Wildman–Crippen MR) is 76.8 cm³/mol. The van der Waals surface area contributed by atoms with E-state index in [0.29, 0.717) is 6.54 Å². The number of nitrogens with two attached hydrogens (primary N) is 1. The SMILES string of the molecule is CCCCCCNS(=O)(=O)c1ccc([N+](=O)[O-])cc1N. The normalized spacial score (nSPS) is 11.4. The van der Waals surface area contributed by atoms with Crippen molar-refractivity contribution in [3.05, 3.63) is 28.3 Å². The lowest BCUT2D eigenvalue weighted by Gasteiger charge is -2.08. The molecule has 0 aliphatic carbocycles. The minimum atomic E-state index is -3.72. The molecular formula is C12H19N3O4S. The number of sulfonamides is 1. The smallest absolute Gasteiger partial charge is 0.271 e. The molecule has 0 heterocycles. The van der Waals surface area contributed by atoms with Crippen LogP contribution in [-0.2, 0) is 10.0 Å². The van der Waals surface area contributed by atoms with E-state index < -0.39 is 14.9 Å². The van der Waals surface area contributed by atoms with Gasteiger partial charge in [0.25, 0.3) is 5.69 Å². The fraction of sp³-hybridized carbons (Fsp3) is 0.500. The molecule has 1 rings (SSSR count). The van der Waals surface area contributed by atoms with E-state index in [0.717, 1.165) is 43.9 Å². The molecule has 0 amide bonds. The first-order chi connectivity index (χ1) is 9.38. The van der Waals surface area contributed by atoms with Crippen molar-refractivity contribution >= 4 is 21.4 Å². The van der Waals surface area contributed by atoms with E-state index in [1.807, 2.05) is 0 Å². The van der Waals surface area contributed by atoms with E-state index in [9.17, 15) is 18.5 Å². The number of anilines is 1. The lowest BCUT2D eigenvalue weighted by Crippen LogP contribution is -2.25. The van der Waals surface area contributed by atoms with Crippen molar-refractivity contribution in [2.75, 3.05) is 12.3 Å². The fourth-order valence-electron chi connectivity index (χ4n) is 1.73. The van der Waals surface area contributed by atoms with E-state index in [1.165, 1.54) is 0 Å². The minimum Gasteiger partial charge on any atom is -0.397 e. The number of nitro groups is 1. The van der Waals surface area contributed by atoms with Crippen molar-refractivity contribution in [2.24, 2.45) is 0 Å². The van der Waals surface area contributed by atoms with Gasteiger partial charge < -0.3 is 5.73 Å². The highest BCUT2D eigenvalue weighted by molar-refractivity contribution is 7.89. The Balaban J connectivity index is 2.75. The average Bonchev–Trinajstić information content (AvgIpc) is 2.37. The molecule has 0 aliphatic heterocycles. The Hall–Kier alpha value is -1.67. The summed E-state index contributed by atoms with van der Waals surface area (Å²) in [5.41, 5.74) is 5.22. The quantitative estimate of drug-likeness (QED) is 0.330. The van der Waals surface area contributed by atoms with Gasteiger partial charge in [0.2, 0.25) is 10.0 Å². The molecule has 20 heavy (non-hydrogen) atoms. The van der Waals surface area contributed by atoms with E-state index in [2.05, 4.69) is 11.6 Å². The van der Waals surface area contributed by atoms with Crippen LogP contribution in [-0.4, -0.2) is 19.9 Å². The summed E-state index contributed by atoms with van der Waals surface area (Å²) in [6.45, 7) is 2.40. The fourth-order valence-corrected chi connectivity index (χ4v) is 2.92. The van der Waals surface area contributed by atoms with Gasteiger partial charge in [-0.2, -0.15) is 0 Å². The monoisotopic (exact) mass is 301 g/mol. The average molecular weight is 301 g/mol. The number of nitrogens with zero attached hydrogens (tertiary/aromatic N) is 1. The van der Waals surface area contributed by atoms with E-state index in [-0.39, 0.29) is 16.3 Å². The van der Waals surface area contributed by atoms with Crippen molar-refractivity contribution in [3.8, 4) is 0 Å². The lowest BCUT2D eigenvalue weighted by atomic mass is 10.2. The summed E-state index contributed by atoms with van der Waals surface area (Å²) >= 11 is 0.